The van der Waals surface area contributed by atoms with Crippen LogP contribution < -0.4 is 10.6 Å². The van der Waals surface area contributed by atoms with E-state index in [1.54, 1.807) is 6.07 Å². The normalized spacial score (nSPS) is 26.3. The molecule has 0 spiro atoms. The maximum atomic E-state index is 13.2. The minimum absolute atomic E-state index is 0.0864. The number of nitrogens with one attached hydrogen (secondary N) is 2. The van der Waals surface area contributed by atoms with Crippen LogP contribution in [0.3, 0.4) is 0 Å². The Morgan fingerprint density at radius 1 is 1.23 bits per heavy atom. The number of hydrogen-bond acceptors (Lipinski definition) is 2. The van der Waals surface area contributed by atoms with Gasteiger partial charge >= 0.3 is 6.18 Å². The third-order valence-corrected chi connectivity index (χ3v) is 5.84. The molecule has 1 aliphatic heterocycles. The topological polar surface area (TPSA) is 41.1 Å². The zero-order chi connectivity index (χ0) is 18.8. The molecule has 2 unspecified atom stereocenters. The molecular weight excluding hydrogens is 341 g/mol. The molecule has 0 radical (unpaired) electrons. The molecule has 1 aromatic rings. The fourth-order valence-electron chi connectivity index (χ4n) is 4.38. The Hall–Kier alpha value is -1.56. The molecule has 0 bridgehead atoms. The highest BCUT2D eigenvalue weighted by Gasteiger charge is 2.43. The third kappa shape index (κ3) is 4.05. The molecule has 1 aliphatic carbocycles. The molecule has 0 aromatic heterocycles. The average Bonchev–Trinajstić information content (AvgIpc) is 2.61. The summed E-state index contributed by atoms with van der Waals surface area (Å²) in [5.74, 6) is -0.101. The average molecular weight is 368 g/mol. The highest BCUT2D eigenvalue weighted by atomic mass is 19.4. The highest BCUT2D eigenvalue weighted by Crippen LogP contribution is 2.42. The van der Waals surface area contributed by atoms with Crippen molar-refractivity contribution in [1.29, 1.82) is 0 Å². The van der Waals surface area contributed by atoms with E-state index in [9.17, 15) is 18.0 Å². The standard InChI is InChI=1S/C20H27F3N2O/c1-14-12-17(8-11-24-14)25-18(26)19(9-3-2-4-10-19)15-6-5-7-16(13-15)20(21,22)23/h5-7,13-14,17,24H,2-4,8-12H2,1H3,(H,25,26). The van der Waals surface area contributed by atoms with Crippen LogP contribution in [0.2, 0.25) is 0 Å². The predicted molar refractivity (Wildman–Crippen MR) is 94.8 cm³/mol. The second-order valence-corrected chi connectivity index (χ2v) is 7.77. The maximum Gasteiger partial charge on any atom is 0.416 e. The van der Waals surface area contributed by atoms with Crippen LogP contribution in [0, 0.1) is 0 Å². The van der Waals surface area contributed by atoms with Crippen LogP contribution in [0.25, 0.3) is 0 Å². The lowest BCUT2D eigenvalue weighted by Gasteiger charge is -2.39. The Kier molecular flexibility index (Phi) is 5.61. The van der Waals surface area contributed by atoms with E-state index in [1.807, 2.05) is 0 Å². The predicted octanol–water partition coefficient (Wildman–Crippen LogP) is 4.16. The summed E-state index contributed by atoms with van der Waals surface area (Å²) in [6.45, 7) is 2.93. The van der Waals surface area contributed by atoms with Crippen LogP contribution in [0.5, 0.6) is 0 Å². The molecule has 2 atom stereocenters. The summed E-state index contributed by atoms with van der Waals surface area (Å²) in [7, 11) is 0. The van der Waals surface area contributed by atoms with Crippen LogP contribution in [0.1, 0.15) is 63.0 Å². The van der Waals surface area contributed by atoms with Gasteiger partial charge in [0.15, 0.2) is 0 Å². The number of alkyl halides is 3. The van der Waals surface area contributed by atoms with Crippen LogP contribution in [0.4, 0.5) is 13.2 Å². The summed E-state index contributed by atoms with van der Waals surface area (Å²) in [5.41, 5.74) is -1.01. The molecule has 2 aliphatic rings. The molecule has 6 heteroatoms. The van der Waals surface area contributed by atoms with Gasteiger partial charge < -0.3 is 10.6 Å². The van der Waals surface area contributed by atoms with Gasteiger partial charge in [0.05, 0.1) is 11.0 Å². The Balaban J connectivity index is 1.88. The SMILES string of the molecule is CC1CC(NC(=O)C2(c3cccc(C(F)(F)F)c3)CCCCC2)CCN1. The fraction of sp³-hybridized carbons (Fsp3) is 0.650. The number of benzene rings is 1. The summed E-state index contributed by atoms with van der Waals surface area (Å²) in [5, 5.41) is 6.51. The molecule has 2 N–H and O–H groups in total. The van der Waals surface area contributed by atoms with E-state index in [0.717, 1.165) is 44.7 Å². The smallest absolute Gasteiger partial charge is 0.352 e. The monoisotopic (exact) mass is 368 g/mol. The van der Waals surface area contributed by atoms with Gasteiger partial charge in [0.2, 0.25) is 5.91 Å². The van der Waals surface area contributed by atoms with Crippen molar-refractivity contribution >= 4 is 5.91 Å². The van der Waals surface area contributed by atoms with E-state index in [-0.39, 0.29) is 11.9 Å². The summed E-state index contributed by atoms with van der Waals surface area (Å²) in [4.78, 5) is 13.2. The van der Waals surface area contributed by atoms with Crippen LogP contribution in [0.15, 0.2) is 24.3 Å². The van der Waals surface area contributed by atoms with Crippen molar-refractivity contribution < 1.29 is 18.0 Å². The van der Waals surface area contributed by atoms with Crippen molar-refractivity contribution in [3.8, 4) is 0 Å². The minimum Gasteiger partial charge on any atom is -0.352 e. The van der Waals surface area contributed by atoms with Crippen molar-refractivity contribution in [2.24, 2.45) is 0 Å². The van der Waals surface area contributed by atoms with Gasteiger partial charge in [0.1, 0.15) is 0 Å². The zero-order valence-corrected chi connectivity index (χ0v) is 15.2. The number of amides is 1. The number of hydrogen-bond donors (Lipinski definition) is 2. The van der Waals surface area contributed by atoms with Gasteiger partial charge in [-0.2, -0.15) is 13.2 Å². The molecule has 2 fully saturated rings. The first kappa shape index (κ1) is 19.2. The molecule has 1 saturated heterocycles. The van der Waals surface area contributed by atoms with Crippen molar-refractivity contribution in [3.05, 3.63) is 35.4 Å². The summed E-state index contributed by atoms with van der Waals surface area (Å²) in [6, 6.07) is 5.79. The van der Waals surface area contributed by atoms with E-state index in [2.05, 4.69) is 17.6 Å². The summed E-state index contributed by atoms with van der Waals surface area (Å²) in [6.07, 6.45) is 1.30. The van der Waals surface area contributed by atoms with Gasteiger partial charge in [-0.15, -0.1) is 0 Å². The number of piperidine rings is 1. The molecule has 1 heterocycles. The molecule has 1 saturated carbocycles. The highest BCUT2D eigenvalue weighted by molar-refractivity contribution is 5.88. The van der Waals surface area contributed by atoms with E-state index in [0.29, 0.717) is 24.4 Å². The van der Waals surface area contributed by atoms with Crippen molar-refractivity contribution in [3.63, 3.8) is 0 Å². The lowest BCUT2D eigenvalue weighted by molar-refractivity contribution is -0.138. The van der Waals surface area contributed by atoms with Gasteiger partial charge in [-0.25, -0.2) is 0 Å². The Morgan fingerprint density at radius 3 is 2.62 bits per heavy atom. The molecule has 1 aromatic carbocycles. The summed E-state index contributed by atoms with van der Waals surface area (Å²) < 4.78 is 39.5. The second kappa shape index (κ2) is 7.59. The second-order valence-electron chi connectivity index (χ2n) is 7.77. The summed E-state index contributed by atoms with van der Waals surface area (Å²) >= 11 is 0. The van der Waals surface area contributed by atoms with Gasteiger partial charge in [0.25, 0.3) is 0 Å². The van der Waals surface area contributed by atoms with Gasteiger partial charge in [-0.3, -0.25) is 4.79 Å². The number of halogens is 3. The largest absolute Gasteiger partial charge is 0.416 e. The Morgan fingerprint density at radius 2 is 1.96 bits per heavy atom. The molecule has 144 valence electrons. The fourth-order valence-corrected chi connectivity index (χ4v) is 4.38. The first-order valence-corrected chi connectivity index (χ1v) is 9.53. The van der Waals surface area contributed by atoms with Crippen LogP contribution in [-0.4, -0.2) is 24.5 Å². The number of carbonyl (C=O) groups excluding carboxylic acids is 1. The Bertz CT molecular complexity index is 638. The molecule has 1 amide bonds. The quantitative estimate of drug-likeness (QED) is 0.841. The van der Waals surface area contributed by atoms with E-state index >= 15 is 0 Å². The third-order valence-electron chi connectivity index (χ3n) is 5.84. The number of rotatable bonds is 3. The molecule has 26 heavy (non-hydrogen) atoms. The molecule has 3 rings (SSSR count). The first-order valence-electron chi connectivity index (χ1n) is 9.53. The van der Waals surface area contributed by atoms with Crippen molar-refractivity contribution in [1.82, 2.24) is 10.6 Å². The van der Waals surface area contributed by atoms with E-state index in [1.165, 1.54) is 12.1 Å². The maximum absolute atomic E-state index is 13.2. The lowest BCUT2D eigenvalue weighted by atomic mass is 9.68. The lowest BCUT2D eigenvalue weighted by Crippen LogP contribution is -2.53. The van der Waals surface area contributed by atoms with E-state index in [4.69, 9.17) is 0 Å². The van der Waals surface area contributed by atoms with Crippen LogP contribution in [-0.2, 0) is 16.4 Å². The minimum atomic E-state index is -4.40. The van der Waals surface area contributed by atoms with Crippen molar-refractivity contribution in [2.45, 2.75) is 75.5 Å². The first-order chi connectivity index (χ1) is 12.3. The van der Waals surface area contributed by atoms with Crippen LogP contribution >= 0.6 is 0 Å². The number of carbonyl (C=O) groups is 1. The zero-order valence-electron chi connectivity index (χ0n) is 15.2. The molecular formula is C20H27F3N2O. The van der Waals surface area contributed by atoms with E-state index < -0.39 is 17.2 Å². The Labute approximate surface area is 152 Å². The van der Waals surface area contributed by atoms with Gasteiger partial charge in [-0.05, 0) is 50.8 Å². The van der Waals surface area contributed by atoms with Gasteiger partial charge in [0, 0.05) is 12.1 Å². The molecule has 3 nitrogen and oxygen atoms in total. The van der Waals surface area contributed by atoms with Crippen molar-refractivity contribution in [2.75, 3.05) is 6.54 Å². The van der Waals surface area contributed by atoms with Gasteiger partial charge in [-0.1, -0.05) is 37.5 Å².